The molecule has 0 aliphatic rings. The van der Waals surface area contributed by atoms with Crippen LogP contribution in [0.5, 0.6) is 11.5 Å². The largest absolute Gasteiger partial charge is 0.493 e. The minimum atomic E-state index is 0.362. The summed E-state index contributed by atoms with van der Waals surface area (Å²) < 4.78 is 12.5. The standard InChI is InChI=1S/C22H18Cl2INO2/c1-14-17(23)8-5-9-20(14)26-12-15-10-19(25)22(21(11-15)27-2)28-13-16-6-3-4-7-18(16)24/h3-12H,13H2,1-2H3. The maximum atomic E-state index is 6.21. The SMILES string of the molecule is COc1cc(C=Nc2cccc(Cl)c2C)cc(I)c1OCc1ccccc1Cl. The second kappa shape index (κ2) is 9.63. The summed E-state index contributed by atoms with van der Waals surface area (Å²) in [6.45, 7) is 2.31. The van der Waals surface area contributed by atoms with E-state index in [9.17, 15) is 0 Å². The first-order chi connectivity index (χ1) is 13.5. The van der Waals surface area contributed by atoms with Crippen LogP contribution >= 0.6 is 45.8 Å². The van der Waals surface area contributed by atoms with Crippen molar-refractivity contribution in [2.45, 2.75) is 13.5 Å². The lowest BCUT2D eigenvalue weighted by molar-refractivity contribution is 0.282. The van der Waals surface area contributed by atoms with Gasteiger partial charge in [0.05, 0.1) is 16.4 Å². The topological polar surface area (TPSA) is 30.8 Å². The zero-order valence-corrected chi connectivity index (χ0v) is 19.0. The van der Waals surface area contributed by atoms with Crippen molar-refractivity contribution < 1.29 is 9.47 Å². The smallest absolute Gasteiger partial charge is 0.174 e. The molecule has 0 saturated carbocycles. The van der Waals surface area contributed by atoms with Gasteiger partial charge in [0.1, 0.15) is 6.61 Å². The van der Waals surface area contributed by atoms with E-state index in [2.05, 4.69) is 27.6 Å². The first kappa shape index (κ1) is 21.0. The zero-order chi connectivity index (χ0) is 20.1. The summed E-state index contributed by atoms with van der Waals surface area (Å²) in [5, 5.41) is 1.38. The van der Waals surface area contributed by atoms with Gasteiger partial charge in [-0.05, 0) is 71.0 Å². The number of benzene rings is 3. The quantitative estimate of drug-likeness (QED) is 0.251. The van der Waals surface area contributed by atoms with Crippen LogP contribution in [0.1, 0.15) is 16.7 Å². The van der Waals surface area contributed by atoms with Gasteiger partial charge in [-0.15, -0.1) is 0 Å². The van der Waals surface area contributed by atoms with E-state index in [0.717, 1.165) is 25.9 Å². The van der Waals surface area contributed by atoms with Gasteiger partial charge in [0.25, 0.3) is 0 Å². The third kappa shape index (κ3) is 4.99. The van der Waals surface area contributed by atoms with E-state index in [-0.39, 0.29) is 0 Å². The van der Waals surface area contributed by atoms with Gasteiger partial charge in [0, 0.05) is 21.8 Å². The van der Waals surface area contributed by atoms with Crippen molar-refractivity contribution in [1.82, 2.24) is 0 Å². The molecule has 144 valence electrons. The lowest BCUT2D eigenvalue weighted by Gasteiger charge is -2.14. The predicted molar refractivity (Wildman–Crippen MR) is 125 cm³/mol. The maximum absolute atomic E-state index is 6.21. The van der Waals surface area contributed by atoms with Crippen molar-refractivity contribution in [2.24, 2.45) is 4.99 Å². The molecular weight excluding hydrogens is 508 g/mol. The van der Waals surface area contributed by atoms with Gasteiger partial charge < -0.3 is 9.47 Å². The number of hydrogen-bond donors (Lipinski definition) is 0. The number of hydrogen-bond acceptors (Lipinski definition) is 3. The van der Waals surface area contributed by atoms with Crippen molar-refractivity contribution in [2.75, 3.05) is 7.11 Å². The summed E-state index contributed by atoms with van der Waals surface area (Å²) >= 11 is 14.6. The van der Waals surface area contributed by atoms with E-state index in [1.165, 1.54) is 0 Å². The molecule has 0 heterocycles. The van der Waals surface area contributed by atoms with E-state index in [1.807, 2.05) is 61.5 Å². The van der Waals surface area contributed by atoms with Crippen molar-refractivity contribution in [1.29, 1.82) is 0 Å². The van der Waals surface area contributed by atoms with Crippen LogP contribution in [0.2, 0.25) is 10.0 Å². The molecule has 0 spiro atoms. The zero-order valence-electron chi connectivity index (χ0n) is 15.4. The molecule has 0 aliphatic heterocycles. The molecule has 0 radical (unpaired) electrons. The Balaban J connectivity index is 1.84. The highest BCUT2D eigenvalue weighted by Gasteiger charge is 2.12. The minimum Gasteiger partial charge on any atom is -0.493 e. The Kier molecular flexibility index (Phi) is 7.21. The average Bonchev–Trinajstić information content (AvgIpc) is 2.69. The van der Waals surface area contributed by atoms with Crippen molar-refractivity contribution in [3.05, 3.63) is 84.9 Å². The Morgan fingerprint density at radius 2 is 1.79 bits per heavy atom. The number of nitrogens with zero attached hydrogens (tertiary/aromatic N) is 1. The predicted octanol–water partition coefficient (Wildman–Crippen LogP) is 7.24. The monoisotopic (exact) mass is 525 g/mol. The van der Waals surface area contributed by atoms with Crippen LogP contribution in [0.3, 0.4) is 0 Å². The molecule has 0 saturated heterocycles. The number of methoxy groups -OCH3 is 1. The summed E-state index contributed by atoms with van der Waals surface area (Å²) in [7, 11) is 1.62. The van der Waals surface area contributed by atoms with Gasteiger partial charge in [-0.1, -0.05) is 47.5 Å². The molecule has 0 aromatic heterocycles. The van der Waals surface area contributed by atoms with Gasteiger partial charge in [-0.2, -0.15) is 0 Å². The molecular formula is C22H18Cl2INO2. The molecule has 3 nitrogen and oxygen atoms in total. The Hall–Kier alpha value is -1.76. The van der Waals surface area contributed by atoms with Crippen LogP contribution in [0, 0.1) is 10.5 Å². The fourth-order valence-corrected chi connectivity index (χ4v) is 3.74. The van der Waals surface area contributed by atoms with Gasteiger partial charge >= 0.3 is 0 Å². The van der Waals surface area contributed by atoms with Crippen LogP contribution < -0.4 is 9.47 Å². The second-order valence-corrected chi connectivity index (χ2v) is 8.03. The Bertz CT molecular complexity index is 1020. The lowest BCUT2D eigenvalue weighted by atomic mass is 10.2. The fourth-order valence-electron chi connectivity index (χ4n) is 2.60. The molecule has 0 aliphatic carbocycles. The highest BCUT2D eigenvalue weighted by atomic mass is 127. The normalized spacial score (nSPS) is 11.0. The molecule has 3 rings (SSSR count). The molecule has 0 fully saturated rings. The molecule has 0 unspecified atom stereocenters. The molecule has 0 N–H and O–H groups in total. The van der Waals surface area contributed by atoms with E-state index >= 15 is 0 Å². The lowest BCUT2D eigenvalue weighted by Crippen LogP contribution is -2.01. The summed E-state index contributed by atoms with van der Waals surface area (Å²) in [4.78, 5) is 4.56. The highest BCUT2D eigenvalue weighted by molar-refractivity contribution is 14.1. The summed E-state index contributed by atoms with van der Waals surface area (Å²) in [6, 6.07) is 17.2. The number of rotatable bonds is 6. The molecule has 6 heteroatoms. The van der Waals surface area contributed by atoms with Crippen LogP contribution in [0.4, 0.5) is 5.69 Å². The number of halogens is 3. The van der Waals surface area contributed by atoms with Crippen molar-refractivity contribution in [3.63, 3.8) is 0 Å². The molecule has 0 bridgehead atoms. The average molecular weight is 526 g/mol. The van der Waals surface area contributed by atoms with Gasteiger partial charge in [-0.3, -0.25) is 4.99 Å². The van der Waals surface area contributed by atoms with Crippen LogP contribution in [0.15, 0.2) is 59.6 Å². The molecule has 0 amide bonds. The summed E-state index contributed by atoms with van der Waals surface area (Å²) in [5.74, 6) is 1.32. The van der Waals surface area contributed by atoms with E-state index < -0.39 is 0 Å². The maximum Gasteiger partial charge on any atom is 0.174 e. The summed E-state index contributed by atoms with van der Waals surface area (Å²) in [6.07, 6.45) is 1.79. The Morgan fingerprint density at radius 1 is 1.04 bits per heavy atom. The fraction of sp³-hybridized carbons (Fsp3) is 0.136. The van der Waals surface area contributed by atoms with Gasteiger partial charge in [0.2, 0.25) is 0 Å². The van der Waals surface area contributed by atoms with E-state index in [4.69, 9.17) is 32.7 Å². The first-order valence-corrected chi connectivity index (χ1v) is 10.4. The van der Waals surface area contributed by atoms with Crippen LogP contribution in [-0.4, -0.2) is 13.3 Å². The van der Waals surface area contributed by atoms with Gasteiger partial charge in [-0.25, -0.2) is 0 Å². The first-order valence-electron chi connectivity index (χ1n) is 8.52. The third-order valence-electron chi connectivity index (χ3n) is 4.17. The molecule has 0 atom stereocenters. The minimum absolute atomic E-state index is 0.362. The van der Waals surface area contributed by atoms with Crippen molar-refractivity contribution >= 4 is 57.7 Å². The van der Waals surface area contributed by atoms with Gasteiger partial charge in [0.15, 0.2) is 11.5 Å². The second-order valence-electron chi connectivity index (χ2n) is 6.06. The summed E-state index contributed by atoms with van der Waals surface area (Å²) in [5.41, 5.74) is 3.61. The van der Waals surface area contributed by atoms with Crippen LogP contribution in [-0.2, 0) is 6.61 Å². The van der Waals surface area contributed by atoms with E-state index in [1.54, 1.807) is 13.3 Å². The molecule has 3 aromatic carbocycles. The number of ether oxygens (including phenoxy) is 2. The van der Waals surface area contributed by atoms with Crippen molar-refractivity contribution in [3.8, 4) is 11.5 Å². The third-order valence-corrected chi connectivity index (χ3v) is 5.75. The molecule has 28 heavy (non-hydrogen) atoms. The number of aliphatic imine (C=N–C) groups is 1. The Morgan fingerprint density at radius 3 is 2.54 bits per heavy atom. The van der Waals surface area contributed by atoms with Crippen LogP contribution in [0.25, 0.3) is 0 Å². The molecule has 3 aromatic rings. The Labute approximate surface area is 188 Å². The van der Waals surface area contributed by atoms with E-state index in [0.29, 0.717) is 28.2 Å². The highest BCUT2D eigenvalue weighted by Crippen LogP contribution is 2.35.